The zero-order chi connectivity index (χ0) is 15.3. The van der Waals surface area contributed by atoms with Gasteiger partial charge in [0.05, 0.1) is 18.1 Å². The highest BCUT2D eigenvalue weighted by atomic mass is 19.1. The summed E-state index contributed by atoms with van der Waals surface area (Å²) < 4.78 is 18.2. The smallest absolute Gasteiger partial charge is 0.326 e. The largest absolute Gasteiger partial charge is 0.494 e. The number of nitro groups is 1. The normalized spacial score (nSPS) is 11.8. The van der Waals surface area contributed by atoms with E-state index in [4.69, 9.17) is 9.84 Å². The van der Waals surface area contributed by atoms with Crippen molar-refractivity contribution >= 4 is 17.3 Å². The molecular formula is C12H15FN2O5. The molecule has 8 heteroatoms. The number of nitrogens with zero attached hydrogens (tertiary/aromatic N) is 1. The lowest BCUT2D eigenvalue weighted by molar-refractivity contribution is -0.384. The van der Waals surface area contributed by atoms with E-state index < -0.39 is 28.4 Å². The zero-order valence-corrected chi connectivity index (χ0v) is 11.1. The standard InChI is InChI=1S/C12H15FN2O5/c1-3-4-8(12(16)17)14-9-6-11(20-2)7(13)5-10(9)15(18)19/h5-6,8,14H,3-4H2,1-2H3,(H,16,17). The van der Waals surface area contributed by atoms with E-state index in [2.05, 4.69) is 5.32 Å². The molecule has 0 spiro atoms. The van der Waals surface area contributed by atoms with Crippen molar-refractivity contribution in [1.82, 2.24) is 0 Å². The molecule has 0 aliphatic rings. The zero-order valence-electron chi connectivity index (χ0n) is 11.1. The van der Waals surface area contributed by atoms with E-state index in [1.54, 1.807) is 6.92 Å². The van der Waals surface area contributed by atoms with E-state index >= 15 is 0 Å². The van der Waals surface area contributed by atoms with Crippen LogP contribution >= 0.6 is 0 Å². The van der Waals surface area contributed by atoms with Crippen LogP contribution < -0.4 is 10.1 Å². The first-order chi connectivity index (χ1) is 9.40. The molecule has 0 aliphatic heterocycles. The predicted molar refractivity (Wildman–Crippen MR) is 69.6 cm³/mol. The van der Waals surface area contributed by atoms with Crippen LogP contribution in [-0.2, 0) is 4.79 Å². The monoisotopic (exact) mass is 286 g/mol. The second kappa shape index (κ2) is 6.69. The second-order valence-corrected chi connectivity index (χ2v) is 4.08. The lowest BCUT2D eigenvalue weighted by Crippen LogP contribution is -2.29. The number of benzene rings is 1. The summed E-state index contributed by atoms with van der Waals surface area (Å²) in [5, 5.41) is 22.5. The minimum absolute atomic E-state index is 0.0888. The van der Waals surface area contributed by atoms with E-state index in [1.165, 1.54) is 7.11 Å². The Bertz CT molecular complexity index is 521. The van der Waals surface area contributed by atoms with Gasteiger partial charge in [0.25, 0.3) is 5.69 Å². The second-order valence-electron chi connectivity index (χ2n) is 4.08. The Morgan fingerprint density at radius 1 is 1.60 bits per heavy atom. The predicted octanol–water partition coefficient (Wildman–Crippen LogP) is 2.41. The molecule has 0 amide bonds. The van der Waals surface area contributed by atoms with Crippen LogP contribution in [0.25, 0.3) is 0 Å². The number of anilines is 1. The van der Waals surface area contributed by atoms with Gasteiger partial charge in [0, 0.05) is 6.07 Å². The van der Waals surface area contributed by atoms with E-state index in [1.807, 2.05) is 0 Å². The van der Waals surface area contributed by atoms with Gasteiger partial charge >= 0.3 is 5.97 Å². The molecule has 0 radical (unpaired) electrons. The van der Waals surface area contributed by atoms with E-state index in [-0.39, 0.29) is 17.9 Å². The van der Waals surface area contributed by atoms with Crippen molar-refractivity contribution < 1.29 is 24.0 Å². The molecule has 1 aromatic rings. The maximum atomic E-state index is 13.5. The first-order valence-electron chi connectivity index (χ1n) is 5.92. The van der Waals surface area contributed by atoms with Gasteiger partial charge in [0.2, 0.25) is 0 Å². The summed E-state index contributed by atoms with van der Waals surface area (Å²) in [4.78, 5) is 21.2. The summed E-state index contributed by atoms with van der Waals surface area (Å²) >= 11 is 0. The van der Waals surface area contributed by atoms with Crippen molar-refractivity contribution in [3.05, 3.63) is 28.1 Å². The number of nitro benzene ring substituents is 1. The Morgan fingerprint density at radius 3 is 2.70 bits per heavy atom. The molecule has 1 aromatic carbocycles. The van der Waals surface area contributed by atoms with Crippen molar-refractivity contribution in [3.8, 4) is 5.75 Å². The van der Waals surface area contributed by atoms with Crippen LogP contribution in [0.2, 0.25) is 0 Å². The SMILES string of the molecule is CCCC(Nc1cc(OC)c(F)cc1[N+](=O)[O-])C(=O)O. The lowest BCUT2D eigenvalue weighted by atomic mass is 10.1. The van der Waals surface area contributed by atoms with Gasteiger partial charge in [-0.1, -0.05) is 13.3 Å². The van der Waals surface area contributed by atoms with Crippen LogP contribution in [0.1, 0.15) is 19.8 Å². The maximum Gasteiger partial charge on any atom is 0.326 e. The number of nitrogens with one attached hydrogen (secondary N) is 1. The molecule has 110 valence electrons. The molecule has 0 bridgehead atoms. The molecule has 7 nitrogen and oxygen atoms in total. The van der Waals surface area contributed by atoms with E-state index in [9.17, 15) is 19.3 Å². The maximum absolute atomic E-state index is 13.5. The molecule has 0 aliphatic carbocycles. The van der Waals surface area contributed by atoms with Crippen LogP contribution in [0.15, 0.2) is 12.1 Å². The third-order valence-corrected chi connectivity index (χ3v) is 2.67. The summed E-state index contributed by atoms with van der Waals surface area (Å²) in [5.41, 5.74) is -0.625. The number of aliphatic carboxylic acids is 1. The van der Waals surface area contributed by atoms with Crippen LogP contribution in [0, 0.1) is 15.9 Å². The minimum atomic E-state index is -1.13. The van der Waals surface area contributed by atoms with Gasteiger partial charge in [-0.25, -0.2) is 9.18 Å². The van der Waals surface area contributed by atoms with Crippen molar-refractivity contribution in [2.75, 3.05) is 12.4 Å². The first kappa shape index (κ1) is 15.7. The molecule has 2 N–H and O–H groups in total. The first-order valence-corrected chi connectivity index (χ1v) is 5.92. The molecule has 0 saturated carbocycles. The Kier molecular flexibility index (Phi) is 5.24. The Balaban J connectivity index is 3.20. The number of carbonyl (C=O) groups is 1. The number of carboxylic acid groups (broad SMARTS) is 1. The van der Waals surface area contributed by atoms with Crippen molar-refractivity contribution in [2.24, 2.45) is 0 Å². The van der Waals surface area contributed by atoms with Gasteiger partial charge < -0.3 is 15.2 Å². The highest BCUT2D eigenvalue weighted by Crippen LogP contribution is 2.32. The number of ether oxygens (including phenoxy) is 1. The van der Waals surface area contributed by atoms with Crippen molar-refractivity contribution in [2.45, 2.75) is 25.8 Å². The number of hydrogen-bond donors (Lipinski definition) is 2. The molecule has 20 heavy (non-hydrogen) atoms. The van der Waals surface area contributed by atoms with Crippen molar-refractivity contribution in [1.29, 1.82) is 0 Å². The van der Waals surface area contributed by atoms with Crippen LogP contribution in [0.5, 0.6) is 5.75 Å². The Hall–Kier alpha value is -2.38. The third kappa shape index (κ3) is 3.56. The lowest BCUT2D eigenvalue weighted by Gasteiger charge is -2.15. The van der Waals surface area contributed by atoms with Gasteiger partial charge in [0.15, 0.2) is 11.6 Å². The molecule has 0 heterocycles. The topological polar surface area (TPSA) is 102 Å². The number of methoxy groups -OCH3 is 1. The summed E-state index contributed by atoms with van der Waals surface area (Å²) in [7, 11) is 1.22. The Morgan fingerprint density at radius 2 is 2.25 bits per heavy atom. The quantitative estimate of drug-likeness (QED) is 0.589. The van der Waals surface area contributed by atoms with Crippen LogP contribution in [0.4, 0.5) is 15.8 Å². The molecule has 1 unspecified atom stereocenters. The summed E-state index contributed by atoms with van der Waals surface area (Å²) in [6, 6.07) is 0.791. The molecular weight excluding hydrogens is 271 g/mol. The highest BCUT2D eigenvalue weighted by molar-refractivity contribution is 5.79. The molecule has 0 aromatic heterocycles. The van der Waals surface area contributed by atoms with Gasteiger partial charge in [-0.05, 0) is 6.42 Å². The average Bonchev–Trinajstić information content (AvgIpc) is 2.39. The molecule has 1 rings (SSSR count). The van der Waals surface area contributed by atoms with Gasteiger partial charge in [-0.3, -0.25) is 10.1 Å². The molecule has 0 saturated heterocycles. The molecule has 1 atom stereocenters. The number of carboxylic acids is 1. The Labute approximate surface area is 114 Å². The minimum Gasteiger partial charge on any atom is -0.494 e. The van der Waals surface area contributed by atoms with Gasteiger partial charge in [-0.2, -0.15) is 0 Å². The number of hydrogen-bond acceptors (Lipinski definition) is 5. The summed E-state index contributed by atoms with van der Waals surface area (Å²) in [6.07, 6.45) is 0.863. The number of rotatable bonds is 7. The molecule has 0 fully saturated rings. The van der Waals surface area contributed by atoms with Gasteiger partial charge in [0.1, 0.15) is 11.7 Å². The van der Waals surface area contributed by atoms with Crippen LogP contribution in [-0.4, -0.2) is 29.2 Å². The number of halogens is 1. The third-order valence-electron chi connectivity index (χ3n) is 2.67. The van der Waals surface area contributed by atoms with E-state index in [0.717, 1.165) is 6.07 Å². The summed E-state index contributed by atoms with van der Waals surface area (Å²) in [6.45, 7) is 1.79. The van der Waals surface area contributed by atoms with Gasteiger partial charge in [-0.15, -0.1) is 0 Å². The summed E-state index contributed by atoms with van der Waals surface area (Å²) in [5.74, 6) is -2.21. The van der Waals surface area contributed by atoms with Crippen molar-refractivity contribution in [3.63, 3.8) is 0 Å². The fraction of sp³-hybridized carbons (Fsp3) is 0.417. The fourth-order valence-corrected chi connectivity index (χ4v) is 1.70. The average molecular weight is 286 g/mol. The highest BCUT2D eigenvalue weighted by Gasteiger charge is 2.24. The van der Waals surface area contributed by atoms with E-state index in [0.29, 0.717) is 12.5 Å². The van der Waals surface area contributed by atoms with Crippen LogP contribution in [0.3, 0.4) is 0 Å². The fourth-order valence-electron chi connectivity index (χ4n) is 1.70.